The zero-order chi connectivity index (χ0) is 15.4. The highest BCUT2D eigenvalue weighted by Gasteiger charge is 2.16. The van der Waals surface area contributed by atoms with Gasteiger partial charge in [-0.25, -0.2) is 4.68 Å². The molecule has 1 aromatic carbocycles. The van der Waals surface area contributed by atoms with E-state index in [1.165, 1.54) is 11.0 Å². The Bertz CT molecular complexity index is 654. The fraction of sp³-hybridized carbons (Fsp3) is 0.250. The number of hydrogen-bond acceptors (Lipinski definition) is 6. The molecule has 0 saturated heterocycles. The van der Waals surface area contributed by atoms with E-state index in [0.29, 0.717) is 5.69 Å². The molecule has 2 aromatic rings. The minimum absolute atomic E-state index is 0.211. The van der Waals surface area contributed by atoms with Gasteiger partial charge in [-0.1, -0.05) is 6.07 Å². The molecule has 9 nitrogen and oxygen atoms in total. The molecule has 0 radical (unpaired) electrons. The van der Waals surface area contributed by atoms with Crippen molar-refractivity contribution in [1.29, 1.82) is 0 Å². The monoisotopic (exact) mass is 289 g/mol. The second-order valence-electron chi connectivity index (χ2n) is 4.52. The van der Waals surface area contributed by atoms with Crippen molar-refractivity contribution < 1.29 is 9.59 Å². The number of nitrogens with zero attached hydrogens (tertiary/aromatic N) is 4. The lowest BCUT2D eigenvalue weighted by molar-refractivity contribution is -0.123. The lowest BCUT2D eigenvalue weighted by atomic mass is 10.1. The van der Waals surface area contributed by atoms with Crippen molar-refractivity contribution in [3.63, 3.8) is 0 Å². The standard InChI is InChI=1S/C12H15N7O2/c1-7-2-3-8(4-10(7)19-6-15-17-18-19)16-12(21)9(13)5-11(14)20/h2-4,6,9H,5,13H2,1H3,(H2,14,20)(H,16,21). The Morgan fingerprint density at radius 2 is 2.19 bits per heavy atom. The number of tetrazole rings is 1. The van der Waals surface area contributed by atoms with Gasteiger partial charge in [0.2, 0.25) is 11.8 Å². The van der Waals surface area contributed by atoms with Crippen molar-refractivity contribution in [3.8, 4) is 5.69 Å². The van der Waals surface area contributed by atoms with Crippen LogP contribution in [-0.2, 0) is 9.59 Å². The number of nitrogens with one attached hydrogen (secondary N) is 1. The van der Waals surface area contributed by atoms with Gasteiger partial charge in [0.15, 0.2) is 0 Å². The SMILES string of the molecule is Cc1ccc(NC(=O)C(N)CC(N)=O)cc1-n1cnnn1. The van der Waals surface area contributed by atoms with Crippen LogP contribution in [0.3, 0.4) is 0 Å². The zero-order valence-electron chi connectivity index (χ0n) is 11.4. The summed E-state index contributed by atoms with van der Waals surface area (Å²) >= 11 is 0. The Hall–Kier alpha value is -2.81. The van der Waals surface area contributed by atoms with Gasteiger partial charge in [-0.3, -0.25) is 9.59 Å². The molecule has 2 amide bonds. The molecule has 0 bridgehead atoms. The molecule has 0 fully saturated rings. The highest BCUT2D eigenvalue weighted by atomic mass is 16.2. The summed E-state index contributed by atoms with van der Waals surface area (Å²) < 4.78 is 1.48. The van der Waals surface area contributed by atoms with Gasteiger partial charge in [0.25, 0.3) is 0 Å². The average Bonchev–Trinajstić information content (AvgIpc) is 2.94. The molecule has 0 spiro atoms. The number of rotatable bonds is 5. The molecule has 110 valence electrons. The summed E-state index contributed by atoms with van der Waals surface area (Å²) in [6.07, 6.45) is 1.24. The van der Waals surface area contributed by atoms with E-state index in [0.717, 1.165) is 11.3 Å². The summed E-state index contributed by atoms with van der Waals surface area (Å²) in [6, 6.07) is 4.26. The van der Waals surface area contributed by atoms with Gasteiger partial charge in [-0.15, -0.1) is 5.10 Å². The van der Waals surface area contributed by atoms with Gasteiger partial charge in [0.05, 0.1) is 18.2 Å². The third-order valence-corrected chi connectivity index (χ3v) is 2.83. The molecule has 5 N–H and O–H groups in total. The lowest BCUT2D eigenvalue weighted by Gasteiger charge is -2.12. The van der Waals surface area contributed by atoms with E-state index in [1.54, 1.807) is 12.1 Å². The molecular formula is C12H15N7O2. The van der Waals surface area contributed by atoms with Crippen LogP contribution in [0.25, 0.3) is 5.69 Å². The first-order chi connectivity index (χ1) is 9.97. The molecule has 0 aliphatic carbocycles. The minimum Gasteiger partial charge on any atom is -0.370 e. The summed E-state index contributed by atoms with van der Waals surface area (Å²) in [4.78, 5) is 22.6. The highest BCUT2D eigenvalue weighted by Crippen LogP contribution is 2.18. The molecule has 21 heavy (non-hydrogen) atoms. The number of aromatic nitrogens is 4. The van der Waals surface area contributed by atoms with Crippen LogP contribution in [0.1, 0.15) is 12.0 Å². The quantitative estimate of drug-likeness (QED) is 0.652. The normalized spacial score (nSPS) is 11.9. The topological polar surface area (TPSA) is 142 Å². The van der Waals surface area contributed by atoms with E-state index in [4.69, 9.17) is 11.5 Å². The predicted octanol–water partition coefficient (Wildman–Crippen LogP) is -0.888. The maximum atomic E-state index is 11.8. The lowest BCUT2D eigenvalue weighted by Crippen LogP contribution is -2.39. The number of carbonyl (C=O) groups excluding carboxylic acids is 2. The van der Waals surface area contributed by atoms with Gasteiger partial charge in [-0.05, 0) is 35.0 Å². The molecule has 1 heterocycles. The van der Waals surface area contributed by atoms with E-state index in [-0.39, 0.29) is 6.42 Å². The number of anilines is 1. The predicted molar refractivity (Wildman–Crippen MR) is 74.3 cm³/mol. The molecule has 0 saturated carbocycles. The molecule has 0 aliphatic heterocycles. The molecule has 1 atom stereocenters. The molecule has 1 unspecified atom stereocenters. The molecule has 9 heteroatoms. The molecular weight excluding hydrogens is 274 g/mol. The summed E-state index contributed by atoms with van der Waals surface area (Å²) in [7, 11) is 0. The Morgan fingerprint density at radius 3 is 2.81 bits per heavy atom. The van der Waals surface area contributed by atoms with Crippen molar-refractivity contribution in [1.82, 2.24) is 20.2 Å². The highest BCUT2D eigenvalue weighted by molar-refractivity contribution is 5.97. The number of hydrogen-bond donors (Lipinski definition) is 3. The second-order valence-corrected chi connectivity index (χ2v) is 4.52. The summed E-state index contributed by atoms with van der Waals surface area (Å²) in [6.45, 7) is 1.89. The molecule has 0 aliphatic rings. The first-order valence-electron chi connectivity index (χ1n) is 6.16. The van der Waals surface area contributed by atoms with Crippen molar-refractivity contribution in [3.05, 3.63) is 30.1 Å². The largest absolute Gasteiger partial charge is 0.370 e. The maximum absolute atomic E-state index is 11.8. The number of benzene rings is 1. The molecule has 2 rings (SSSR count). The van der Waals surface area contributed by atoms with Crippen molar-refractivity contribution in [2.45, 2.75) is 19.4 Å². The van der Waals surface area contributed by atoms with E-state index in [9.17, 15) is 9.59 Å². The summed E-state index contributed by atoms with van der Waals surface area (Å²) in [5.41, 5.74) is 12.8. The van der Waals surface area contributed by atoms with E-state index < -0.39 is 17.9 Å². The van der Waals surface area contributed by atoms with Crippen LogP contribution in [0.4, 0.5) is 5.69 Å². The fourth-order valence-electron chi connectivity index (χ4n) is 1.75. The number of carbonyl (C=O) groups is 2. The van der Waals surface area contributed by atoms with Crippen molar-refractivity contribution >= 4 is 17.5 Å². The van der Waals surface area contributed by atoms with E-state index in [1.807, 2.05) is 13.0 Å². The van der Waals surface area contributed by atoms with Gasteiger partial charge in [0, 0.05) is 5.69 Å². The van der Waals surface area contributed by atoms with E-state index >= 15 is 0 Å². The van der Waals surface area contributed by atoms with Gasteiger partial charge in [-0.2, -0.15) is 0 Å². The number of aryl methyl sites for hydroxylation is 1. The Labute approximate surface area is 120 Å². The van der Waals surface area contributed by atoms with Crippen molar-refractivity contribution in [2.24, 2.45) is 11.5 Å². The van der Waals surface area contributed by atoms with Gasteiger partial charge >= 0.3 is 0 Å². The van der Waals surface area contributed by atoms with Crippen molar-refractivity contribution in [2.75, 3.05) is 5.32 Å². The van der Waals surface area contributed by atoms with Crippen LogP contribution >= 0.6 is 0 Å². The van der Waals surface area contributed by atoms with E-state index in [2.05, 4.69) is 20.8 Å². The zero-order valence-corrected chi connectivity index (χ0v) is 11.4. The van der Waals surface area contributed by atoms with Gasteiger partial charge in [0.1, 0.15) is 6.33 Å². The van der Waals surface area contributed by atoms with Crippen LogP contribution < -0.4 is 16.8 Å². The third kappa shape index (κ3) is 3.60. The average molecular weight is 289 g/mol. The first-order valence-corrected chi connectivity index (χ1v) is 6.16. The first kappa shape index (κ1) is 14.6. The van der Waals surface area contributed by atoms with Crippen LogP contribution in [0.15, 0.2) is 24.5 Å². The van der Waals surface area contributed by atoms with Crippen LogP contribution in [-0.4, -0.2) is 38.1 Å². The fourth-order valence-corrected chi connectivity index (χ4v) is 1.75. The number of nitrogens with two attached hydrogens (primary N) is 2. The maximum Gasteiger partial charge on any atom is 0.241 e. The Balaban J connectivity index is 2.16. The van der Waals surface area contributed by atoms with Crippen LogP contribution in [0, 0.1) is 6.92 Å². The Morgan fingerprint density at radius 1 is 1.43 bits per heavy atom. The Kier molecular flexibility index (Phi) is 4.24. The van der Waals surface area contributed by atoms with Crippen LogP contribution in [0.5, 0.6) is 0 Å². The summed E-state index contributed by atoms with van der Waals surface area (Å²) in [5, 5.41) is 13.6. The van der Waals surface area contributed by atoms with Gasteiger partial charge < -0.3 is 16.8 Å². The molecule has 1 aromatic heterocycles. The summed E-state index contributed by atoms with van der Waals surface area (Å²) in [5.74, 6) is -1.11. The van der Waals surface area contributed by atoms with Crippen LogP contribution in [0.2, 0.25) is 0 Å². The number of amides is 2. The smallest absolute Gasteiger partial charge is 0.241 e. The number of primary amides is 1. The second kappa shape index (κ2) is 6.09. The third-order valence-electron chi connectivity index (χ3n) is 2.83. The minimum atomic E-state index is -0.986.